The lowest BCUT2D eigenvalue weighted by Crippen LogP contribution is -2.51. The van der Waals surface area contributed by atoms with Crippen LogP contribution >= 0.6 is 11.3 Å². The molecule has 1 aliphatic heterocycles. The zero-order chi connectivity index (χ0) is 21.0. The highest BCUT2D eigenvalue weighted by molar-refractivity contribution is 7.94. The first-order chi connectivity index (χ1) is 13.6. The van der Waals surface area contributed by atoms with E-state index in [9.17, 15) is 8.42 Å². The predicted octanol–water partition coefficient (Wildman–Crippen LogP) is 4.23. The minimum absolute atomic E-state index is 0.0473. The summed E-state index contributed by atoms with van der Waals surface area (Å²) < 4.78 is 25.9. The first kappa shape index (κ1) is 19.9. The van der Waals surface area contributed by atoms with E-state index in [4.69, 9.17) is 5.73 Å². The van der Waals surface area contributed by atoms with Crippen LogP contribution in [0.3, 0.4) is 0 Å². The van der Waals surface area contributed by atoms with Crippen LogP contribution in [0.15, 0.2) is 41.4 Å². The summed E-state index contributed by atoms with van der Waals surface area (Å²) in [4.78, 5) is 5.70. The maximum atomic E-state index is 12.8. The second-order valence-corrected chi connectivity index (χ2v) is 11.4. The lowest BCUT2D eigenvalue weighted by molar-refractivity contribution is 0.548. The van der Waals surface area contributed by atoms with Gasteiger partial charge in [0.05, 0.1) is 11.3 Å². The van der Waals surface area contributed by atoms with Crippen LogP contribution in [-0.2, 0) is 9.84 Å². The molecule has 1 spiro atoms. The number of benzene rings is 1. The standard InChI is InChI=1S/C23H24N2O2S2/c1-5-6-17-8-10-20-18(13-17)16(3)19(28-20)9-7-15(2)22(4)14-29(26,27)23(11-12-23)21(24)25-22/h7-10,13H,2,11-12,14H2,1,3-4H3,(H2,24,25)/b9-7-/t22-/m0/s1. The van der Waals surface area contributed by atoms with E-state index in [2.05, 4.69) is 42.5 Å². The van der Waals surface area contributed by atoms with Gasteiger partial charge in [0.15, 0.2) is 9.84 Å². The maximum Gasteiger partial charge on any atom is 0.165 e. The van der Waals surface area contributed by atoms with Gasteiger partial charge in [-0.2, -0.15) is 0 Å². The van der Waals surface area contributed by atoms with Gasteiger partial charge in [-0.25, -0.2) is 8.42 Å². The number of hydrogen-bond acceptors (Lipinski definition) is 5. The number of nitrogens with two attached hydrogens (primary N) is 1. The third-order valence-electron chi connectivity index (χ3n) is 5.97. The third-order valence-corrected chi connectivity index (χ3v) is 9.96. The van der Waals surface area contributed by atoms with Crippen LogP contribution in [0.4, 0.5) is 0 Å². The normalized spacial score (nSPS) is 24.3. The highest BCUT2D eigenvalue weighted by Crippen LogP contribution is 2.49. The minimum atomic E-state index is -3.33. The summed E-state index contributed by atoms with van der Waals surface area (Å²) in [6, 6.07) is 6.23. The van der Waals surface area contributed by atoms with Crippen molar-refractivity contribution >= 4 is 43.2 Å². The zero-order valence-electron chi connectivity index (χ0n) is 16.9. The SMILES string of the molecule is C=C(/C=C\c1sc2ccc(C#CC)cc2c1C)[C@]1(C)CS(=O)(=O)C2(CC2)C(N)=N1. The van der Waals surface area contributed by atoms with Crippen molar-refractivity contribution in [1.29, 1.82) is 0 Å². The molecule has 1 atom stereocenters. The van der Waals surface area contributed by atoms with E-state index in [1.165, 1.54) is 15.6 Å². The Kier molecular flexibility index (Phi) is 4.52. The molecule has 2 heterocycles. The van der Waals surface area contributed by atoms with Crippen molar-refractivity contribution in [1.82, 2.24) is 0 Å². The van der Waals surface area contributed by atoms with Gasteiger partial charge >= 0.3 is 0 Å². The topological polar surface area (TPSA) is 72.5 Å². The molecular formula is C23H24N2O2S2. The Hall–Kier alpha value is -2.36. The molecular weight excluding hydrogens is 400 g/mol. The first-order valence-corrected chi connectivity index (χ1v) is 12.0. The molecule has 6 heteroatoms. The average molecular weight is 425 g/mol. The Labute approximate surface area is 176 Å². The van der Waals surface area contributed by atoms with Crippen LogP contribution in [0.2, 0.25) is 0 Å². The van der Waals surface area contributed by atoms with E-state index >= 15 is 0 Å². The molecule has 1 fully saturated rings. The molecule has 29 heavy (non-hydrogen) atoms. The van der Waals surface area contributed by atoms with E-state index in [1.807, 2.05) is 25.1 Å². The molecule has 2 N–H and O–H groups in total. The summed E-state index contributed by atoms with van der Waals surface area (Å²) in [6.07, 6.45) is 5.03. The summed E-state index contributed by atoms with van der Waals surface area (Å²) in [7, 11) is -3.33. The second-order valence-electron chi connectivity index (χ2n) is 8.06. The highest BCUT2D eigenvalue weighted by Gasteiger charge is 2.62. The van der Waals surface area contributed by atoms with Gasteiger partial charge in [-0.15, -0.1) is 17.3 Å². The number of amidine groups is 1. The van der Waals surface area contributed by atoms with Gasteiger partial charge in [0.2, 0.25) is 0 Å². The molecule has 0 bridgehead atoms. The zero-order valence-corrected chi connectivity index (χ0v) is 18.5. The van der Waals surface area contributed by atoms with Crippen molar-refractivity contribution in [3.8, 4) is 11.8 Å². The molecule has 4 rings (SSSR count). The molecule has 1 saturated carbocycles. The van der Waals surface area contributed by atoms with Crippen molar-refractivity contribution in [2.75, 3.05) is 5.75 Å². The average Bonchev–Trinajstić information content (AvgIpc) is 3.41. The van der Waals surface area contributed by atoms with Gasteiger partial charge < -0.3 is 5.73 Å². The summed E-state index contributed by atoms with van der Waals surface area (Å²) in [5.41, 5.74) is 7.98. The molecule has 4 nitrogen and oxygen atoms in total. The number of nitrogens with zero attached hydrogens (tertiary/aromatic N) is 1. The van der Waals surface area contributed by atoms with Crippen molar-refractivity contribution < 1.29 is 8.42 Å². The first-order valence-electron chi connectivity index (χ1n) is 9.53. The second kappa shape index (κ2) is 6.58. The molecule has 1 aromatic heterocycles. The van der Waals surface area contributed by atoms with Crippen molar-refractivity contribution in [3.63, 3.8) is 0 Å². The van der Waals surface area contributed by atoms with E-state index in [1.54, 1.807) is 18.3 Å². The maximum absolute atomic E-state index is 12.8. The molecule has 0 amide bonds. The van der Waals surface area contributed by atoms with Crippen LogP contribution in [0.5, 0.6) is 0 Å². The summed E-state index contributed by atoms with van der Waals surface area (Å²) >= 11 is 1.69. The Bertz CT molecular complexity index is 1270. The van der Waals surface area contributed by atoms with Gasteiger partial charge in [-0.05, 0) is 74.4 Å². The fourth-order valence-corrected chi connectivity index (χ4v) is 7.34. The molecule has 1 aromatic carbocycles. The predicted molar refractivity (Wildman–Crippen MR) is 123 cm³/mol. The van der Waals surface area contributed by atoms with Crippen LogP contribution in [0, 0.1) is 18.8 Å². The largest absolute Gasteiger partial charge is 0.386 e. The van der Waals surface area contributed by atoms with Crippen LogP contribution in [-0.4, -0.2) is 30.3 Å². The summed E-state index contributed by atoms with van der Waals surface area (Å²) in [5.74, 6) is 6.22. The molecule has 0 saturated heterocycles. The number of sulfone groups is 1. The lowest BCUT2D eigenvalue weighted by atomic mass is 9.94. The molecule has 1 aliphatic carbocycles. The Morgan fingerprint density at radius 2 is 2.10 bits per heavy atom. The Balaban J connectivity index is 1.65. The number of fused-ring (bicyclic) bond motifs is 1. The van der Waals surface area contributed by atoms with Gasteiger partial charge in [-0.1, -0.05) is 18.6 Å². The fraction of sp³-hybridized carbons (Fsp3) is 0.348. The highest BCUT2D eigenvalue weighted by atomic mass is 32.2. The molecule has 0 unspecified atom stereocenters. The summed E-state index contributed by atoms with van der Waals surface area (Å²) in [5, 5.41) is 1.19. The minimum Gasteiger partial charge on any atom is -0.386 e. The van der Waals surface area contributed by atoms with Crippen molar-refractivity contribution in [2.24, 2.45) is 10.7 Å². The monoisotopic (exact) mass is 424 g/mol. The molecule has 150 valence electrons. The number of aliphatic imine (C=N–C) groups is 1. The fourth-order valence-electron chi connectivity index (χ4n) is 3.89. The number of hydrogen-bond donors (Lipinski definition) is 1. The molecule has 2 aliphatic rings. The van der Waals surface area contributed by atoms with Crippen LogP contribution in [0.25, 0.3) is 16.2 Å². The van der Waals surface area contributed by atoms with Crippen LogP contribution in [0.1, 0.15) is 42.7 Å². The smallest absolute Gasteiger partial charge is 0.165 e. The number of rotatable bonds is 3. The summed E-state index contributed by atoms with van der Waals surface area (Å²) in [6.45, 7) is 9.84. The van der Waals surface area contributed by atoms with E-state index in [0.29, 0.717) is 18.4 Å². The number of thiophene rings is 1. The number of aryl methyl sites for hydroxylation is 1. The lowest BCUT2D eigenvalue weighted by Gasteiger charge is -2.34. The van der Waals surface area contributed by atoms with Gasteiger partial charge in [0, 0.05) is 15.1 Å². The van der Waals surface area contributed by atoms with Gasteiger partial charge in [0.1, 0.15) is 10.6 Å². The molecule has 2 aromatic rings. The van der Waals surface area contributed by atoms with E-state index in [-0.39, 0.29) is 11.6 Å². The van der Waals surface area contributed by atoms with Gasteiger partial charge in [-0.3, -0.25) is 4.99 Å². The van der Waals surface area contributed by atoms with Crippen molar-refractivity contribution in [3.05, 3.63) is 52.4 Å². The van der Waals surface area contributed by atoms with Crippen molar-refractivity contribution in [2.45, 2.75) is 43.9 Å². The molecule has 0 radical (unpaired) electrons. The van der Waals surface area contributed by atoms with Gasteiger partial charge in [0.25, 0.3) is 0 Å². The Morgan fingerprint density at radius 1 is 1.38 bits per heavy atom. The van der Waals surface area contributed by atoms with Crippen LogP contribution < -0.4 is 5.73 Å². The quantitative estimate of drug-likeness (QED) is 0.592. The van der Waals surface area contributed by atoms with E-state index < -0.39 is 20.1 Å². The Morgan fingerprint density at radius 3 is 2.72 bits per heavy atom. The third kappa shape index (κ3) is 3.13. The van der Waals surface area contributed by atoms with E-state index in [0.717, 1.165) is 10.4 Å².